The average molecular weight is 261 g/mol. The maximum atomic E-state index is 5.85. The highest BCUT2D eigenvalue weighted by molar-refractivity contribution is 5.43. The Bertz CT molecular complexity index is 535. The molecule has 0 radical (unpaired) electrons. The van der Waals surface area contributed by atoms with Gasteiger partial charge >= 0.3 is 0 Å². The fraction of sp³-hybridized carbons (Fsp3) is 0.615. The minimum absolute atomic E-state index is 0.289. The lowest BCUT2D eigenvalue weighted by molar-refractivity contribution is 0.00394. The first kappa shape index (κ1) is 12.3. The van der Waals surface area contributed by atoms with Crippen molar-refractivity contribution in [3.63, 3.8) is 0 Å². The van der Waals surface area contributed by atoms with Gasteiger partial charge in [-0.1, -0.05) is 6.92 Å². The zero-order chi connectivity index (χ0) is 13.1. The molecule has 2 atom stereocenters. The molecule has 0 aliphatic carbocycles. The Morgan fingerprint density at radius 2 is 2.42 bits per heavy atom. The molecule has 1 fully saturated rings. The molecule has 0 aromatic carbocycles. The molecule has 3 heterocycles. The fourth-order valence-electron chi connectivity index (χ4n) is 2.54. The van der Waals surface area contributed by atoms with Crippen molar-refractivity contribution in [2.24, 2.45) is 0 Å². The normalized spacial score (nSPS) is 21.4. The molecular weight excluding hydrogens is 242 g/mol. The molecule has 0 bridgehead atoms. The standard InChI is InChI=1S/C13H19N5O/c1-2-10(11-5-3-4-8-19-11)15-12-6-7-13-16-14-9-18(13)17-12/h6-7,9-11H,2-5,8H2,1H3,(H,15,17). The van der Waals surface area contributed by atoms with Gasteiger partial charge in [0.1, 0.15) is 12.1 Å². The van der Waals surface area contributed by atoms with E-state index in [4.69, 9.17) is 4.74 Å². The third-order valence-corrected chi connectivity index (χ3v) is 3.60. The van der Waals surface area contributed by atoms with Gasteiger partial charge in [-0.05, 0) is 37.8 Å². The smallest absolute Gasteiger partial charge is 0.177 e. The van der Waals surface area contributed by atoms with Gasteiger partial charge in [0, 0.05) is 6.61 Å². The third-order valence-electron chi connectivity index (χ3n) is 3.60. The second-order valence-corrected chi connectivity index (χ2v) is 4.92. The molecular formula is C13H19N5O. The lowest BCUT2D eigenvalue weighted by Crippen LogP contribution is -2.37. The molecule has 0 spiro atoms. The third kappa shape index (κ3) is 2.68. The van der Waals surface area contributed by atoms with E-state index in [9.17, 15) is 0 Å². The van der Waals surface area contributed by atoms with Crippen LogP contribution < -0.4 is 5.32 Å². The minimum atomic E-state index is 0.289. The first-order chi connectivity index (χ1) is 9.36. The van der Waals surface area contributed by atoms with Crippen LogP contribution in [0.5, 0.6) is 0 Å². The summed E-state index contributed by atoms with van der Waals surface area (Å²) in [5.74, 6) is 0.841. The molecule has 3 rings (SSSR count). The topological polar surface area (TPSA) is 64.3 Å². The van der Waals surface area contributed by atoms with Crippen LogP contribution in [0.25, 0.3) is 5.65 Å². The highest BCUT2D eigenvalue weighted by Crippen LogP contribution is 2.20. The molecule has 6 nitrogen and oxygen atoms in total. The van der Waals surface area contributed by atoms with Crippen molar-refractivity contribution in [1.82, 2.24) is 19.8 Å². The van der Waals surface area contributed by atoms with Crippen molar-refractivity contribution in [1.29, 1.82) is 0 Å². The van der Waals surface area contributed by atoms with Crippen molar-refractivity contribution in [2.75, 3.05) is 11.9 Å². The van der Waals surface area contributed by atoms with Crippen molar-refractivity contribution in [3.8, 4) is 0 Å². The summed E-state index contributed by atoms with van der Waals surface area (Å²) in [6, 6.07) is 4.16. The van der Waals surface area contributed by atoms with Gasteiger partial charge in [-0.3, -0.25) is 0 Å². The van der Waals surface area contributed by atoms with Gasteiger partial charge < -0.3 is 10.1 Å². The van der Waals surface area contributed by atoms with E-state index in [0.29, 0.717) is 6.04 Å². The number of ether oxygens (including phenoxy) is 1. The number of anilines is 1. The molecule has 1 saturated heterocycles. The van der Waals surface area contributed by atoms with E-state index >= 15 is 0 Å². The molecule has 6 heteroatoms. The van der Waals surface area contributed by atoms with Crippen LogP contribution in [-0.2, 0) is 4.74 Å². The molecule has 1 N–H and O–H groups in total. The number of nitrogens with one attached hydrogen (secondary N) is 1. The average Bonchev–Trinajstić information content (AvgIpc) is 2.93. The molecule has 2 aromatic rings. The Morgan fingerprint density at radius 3 is 3.21 bits per heavy atom. The second-order valence-electron chi connectivity index (χ2n) is 4.92. The molecule has 19 heavy (non-hydrogen) atoms. The Morgan fingerprint density at radius 1 is 1.47 bits per heavy atom. The molecule has 0 saturated carbocycles. The number of hydrogen-bond donors (Lipinski definition) is 1. The van der Waals surface area contributed by atoms with Crippen molar-refractivity contribution >= 4 is 11.5 Å². The maximum Gasteiger partial charge on any atom is 0.177 e. The quantitative estimate of drug-likeness (QED) is 0.910. The van der Waals surface area contributed by atoms with Crippen LogP contribution >= 0.6 is 0 Å². The van der Waals surface area contributed by atoms with Crippen LogP contribution in [0.2, 0.25) is 0 Å². The van der Waals surface area contributed by atoms with Gasteiger partial charge in [0.05, 0.1) is 12.1 Å². The van der Waals surface area contributed by atoms with Crippen LogP contribution in [0.15, 0.2) is 18.5 Å². The summed E-state index contributed by atoms with van der Waals surface area (Å²) in [7, 11) is 0. The van der Waals surface area contributed by atoms with Gasteiger partial charge in [0.15, 0.2) is 5.65 Å². The summed E-state index contributed by atoms with van der Waals surface area (Å²) in [5, 5.41) is 15.7. The lowest BCUT2D eigenvalue weighted by Gasteiger charge is -2.30. The van der Waals surface area contributed by atoms with E-state index in [1.165, 1.54) is 12.8 Å². The first-order valence-corrected chi connectivity index (χ1v) is 6.92. The summed E-state index contributed by atoms with van der Waals surface area (Å²) < 4.78 is 7.53. The Labute approximate surface area is 112 Å². The predicted octanol–water partition coefficient (Wildman–Crippen LogP) is 1.88. The van der Waals surface area contributed by atoms with Crippen LogP contribution in [0.4, 0.5) is 5.82 Å². The summed E-state index contributed by atoms with van der Waals surface area (Å²) >= 11 is 0. The van der Waals surface area contributed by atoms with Crippen LogP contribution in [0.1, 0.15) is 32.6 Å². The fourth-order valence-corrected chi connectivity index (χ4v) is 2.54. The van der Waals surface area contributed by atoms with E-state index in [0.717, 1.165) is 30.9 Å². The Hall–Kier alpha value is -1.69. The van der Waals surface area contributed by atoms with Gasteiger partial charge in [-0.15, -0.1) is 15.3 Å². The number of aromatic nitrogens is 4. The van der Waals surface area contributed by atoms with Crippen molar-refractivity contribution in [3.05, 3.63) is 18.5 Å². The zero-order valence-electron chi connectivity index (χ0n) is 11.1. The SMILES string of the molecule is CCC(Nc1ccc2nncn2n1)C1CCCCO1. The molecule has 0 amide bonds. The van der Waals surface area contributed by atoms with Gasteiger partial charge in [0.2, 0.25) is 0 Å². The lowest BCUT2D eigenvalue weighted by atomic mass is 10.0. The molecule has 2 unspecified atom stereocenters. The second kappa shape index (κ2) is 5.52. The van der Waals surface area contributed by atoms with Crippen LogP contribution in [0.3, 0.4) is 0 Å². The highest BCUT2D eigenvalue weighted by atomic mass is 16.5. The van der Waals surface area contributed by atoms with E-state index in [-0.39, 0.29) is 6.10 Å². The van der Waals surface area contributed by atoms with Crippen molar-refractivity contribution in [2.45, 2.75) is 44.8 Å². The largest absolute Gasteiger partial charge is 0.376 e. The Kier molecular flexibility index (Phi) is 3.59. The highest BCUT2D eigenvalue weighted by Gasteiger charge is 2.23. The van der Waals surface area contributed by atoms with Crippen LogP contribution in [-0.4, -0.2) is 38.6 Å². The summed E-state index contributed by atoms with van der Waals surface area (Å²) in [5.41, 5.74) is 0.757. The van der Waals surface area contributed by atoms with Crippen molar-refractivity contribution < 1.29 is 4.74 Å². The van der Waals surface area contributed by atoms with E-state index < -0.39 is 0 Å². The van der Waals surface area contributed by atoms with Crippen LogP contribution in [0, 0.1) is 0 Å². The van der Waals surface area contributed by atoms with E-state index in [1.807, 2.05) is 12.1 Å². The number of nitrogens with zero attached hydrogens (tertiary/aromatic N) is 4. The molecule has 1 aliphatic rings. The zero-order valence-corrected chi connectivity index (χ0v) is 11.1. The number of hydrogen-bond acceptors (Lipinski definition) is 5. The maximum absolute atomic E-state index is 5.85. The number of fused-ring (bicyclic) bond motifs is 1. The van der Waals surface area contributed by atoms with Gasteiger partial charge in [-0.2, -0.15) is 4.52 Å². The first-order valence-electron chi connectivity index (χ1n) is 6.92. The minimum Gasteiger partial charge on any atom is -0.376 e. The predicted molar refractivity (Wildman–Crippen MR) is 72.1 cm³/mol. The van der Waals surface area contributed by atoms with Gasteiger partial charge in [0.25, 0.3) is 0 Å². The van der Waals surface area contributed by atoms with E-state index in [2.05, 4.69) is 27.5 Å². The number of rotatable bonds is 4. The molecule has 102 valence electrons. The monoisotopic (exact) mass is 261 g/mol. The molecule has 2 aromatic heterocycles. The molecule has 1 aliphatic heterocycles. The summed E-state index contributed by atoms with van der Waals surface area (Å²) in [6.45, 7) is 3.05. The summed E-state index contributed by atoms with van der Waals surface area (Å²) in [6.07, 6.45) is 6.47. The van der Waals surface area contributed by atoms with E-state index in [1.54, 1.807) is 10.8 Å². The Balaban J connectivity index is 1.73. The van der Waals surface area contributed by atoms with Gasteiger partial charge in [-0.25, -0.2) is 0 Å². The summed E-state index contributed by atoms with van der Waals surface area (Å²) in [4.78, 5) is 0.